The van der Waals surface area contributed by atoms with Crippen molar-refractivity contribution in [2.45, 2.75) is 6.10 Å². The van der Waals surface area contributed by atoms with Crippen LogP contribution in [0.15, 0.2) is 24.3 Å². The number of benzene rings is 1. The lowest BCUT2D eigenvalue weighted by Gasteiger charge is -2.06. The highest BCUT2D eigenvalue weighted by atomic mass is 16.5. The molecule has 4 N–H and O–H groups in total. The molecule has 0 aliphatic rings. The maximum absolute atomic E-state index is 9.20. The minimum Gasteiger partial charge on any atom is -0.462 e. The Balaban J connectivity index is 2.09. The normalized spacial score (nSPS) is 12.9. The number of imidazole rings is 1. The highest BCUT2D eigenvalue weighted by molar-refractivity contribution is 5.75. The molecule has 5 nitrogen and oxygen atoms in total. The van der Waals surface area contributed by atoms with E-state index in [1.807, 2.05) is 24.3 Å². The summed E-state index contributed by atoms with van der Waals surface area (Å²) in [6.07, 6.45) is -0.654. The van der Waals surface area contributed by atoms with Gasteiger partial charge in [-0.2, -0.15) is 4.98 Å². The van der Waals surface area contributed by atoms with Crippen LogP contribution in [0.4, 0.5) is 0 Å². The molecule has 0 saturated carbocycles. The number of rotatable bonds is 4. The van der Waals surface area contributed by atoms with Gasteiger partial charge in [0.05, 0.1) is 11.0 Å². The van der Waals surface area contributed by atoms with Crippen LogP contribution in [0.3, 0.4) is 0 Å². The van der Waals surface area contributed by atoms with Crippen molar-refractivity contribution in [3.05, 3.63) is 24.3 Å². The fourth-order valence-corrected chi connectivity index (χ4v) is 1.24. The Morgan fingerprint density at radius 3 is 3.00 bits per heavy atom. The molecule has 0 aliphatic heterocycles. The number of nitrogens with one attached hydrogen (secondary N) is 1. The van der Waals surface area contributed by atoms with Gasteiger partial charge < -0.3 is 20.6 Å². The third-order valence-electron chi connectivity index (χ3n) is 2.05. The SMILES string of the molecule is NCC(O)COc1nc2ccccc2[nH]1. The highest BCUT2D eigenvalue weighted by Crippen LogP contribution is 2.14. The summed E-state index contributed by atoms with van der Waals surface area (Å²) < 4.78 is 5.25. The van der Waals surface area contributed by atoms with Gasteiger partial charge in [-0.15, -0.1) is 0 Å². The zero-order valence-electron chi connectivity index (χ0n) is 8.18. The third-order valence-corrected chi connectivity index (χ3v) is 2.05. The molecule has 0 saturated heterocycles. The first-order valence-electron chi connectivity index (χ1n) is 4.75. The van der Waals surface area contributed by atoms with Crippen molar-refractivity contribution >= 4 is 11.0 Å². The molecule has 1 unspecified atom stereocenters. The quantitative estimate of drug-likeness (QED) is 0.671. The van der Waals surface area contributed by atoms with Crippen molar-refractivity contribution in [1.29, 1.82) is 0 Å². The van der Waals surface area contributed by atoms with E-state index < -0.39 is 6.10 Å². The second kappa shape index (κ2) is 4.29. The topological polar surface area (TPSA) is 84.2 Å². The van der Waals surface area contributed by atoms with Crippen molar-refractivity contribution in [2.24, 2.45) is 5.73 Å². The molecule has 2 rings (SSSR count). The predicted octanol–water partition coefficient (Wildman–Crippen LogP) is 0.261. The second-order valence-corrected chi connectivity index (χ2v) is 3.26. The van der Waals surface area contributed by atoms with Gasteiger partial charge in [-0.25, -0.2) is 0 Å². The number of H-pyrrole nitrogens is 1. The number of ether oxygens (including phenoxy) is 1. The number of fused-ring (bicyclic) bond motifs is 1. The van der Waals surface area contributed by atoms with Crippen LogP contribution in [0.2, 0.25) is 0 Å². The van der Waals surface area contributed by atoms with Gasteiger partial charge in [0.1, 0.15) is 12.7 Å². The van der Waals surface area contributed by atoms with Crippen LogP contribution in [0.5, 0.6) is 6.01 Å². The average molecular weight is 207 g/mol. The van der Waals surface area contributed by atoms with Gasteiger partial charge in [0, 0.05) is 6.54 Å². The molecule has 2 aromatic rings. The average Bonchev–Trinajstić information content (AvgIpc) is 2.68. The standard InChI is InChI=1S/C10H13N3O2/c11-5-7(14)6-15-10-12-8-3-1-2-4-9(8)13-10/h1-4,7,14H,5-6,11H2,(H,12,13). The first-order valence-corrected chi connectivity index (χ1v) is 4.75. The largest absolute Gasteiger partial charge is 0.462 e. The number of aliphatic hydroxyl groups is 1. The van der Waals surface area contributed by atoms with Crippen LogP contribution in [0.25, 0.3) is 11.0 Å². The van der Waals surface area contributed by atoms with E-state index in [0.29, 0.717) is 6.01 Å². The Bertz CT molecular complexity index is 408. The summed E-state index contributed by atoms with van der Waals surface area (Å²) in [4.78, 5) is 7.18. The lowest BCUT2D eigenvalue weighted by Crippen LogP contribution is -2.26. The minimum absolute atomic E-state index is 0.149. The summed E-state index contributed by atoms with van der Waals surface area (Å²) in [6, 6.07) is 8.02. The molecule has 15 heavy (non-hydrogen) atoms. The summed E-state index contributed by atoms with van der Waals surface area (Å²) in [5.41, 5.74) is 7.00. The molecule has 1 atom stereocenters. The summed E-state index contributed by atoms with van der Waals surface area (Å²) in [6.45, 7) is 0.330. The second-order valence-electron chi connectivity index (χ2n) is 3.26. The number of hydrogen-bond donors (Lipinski definition) is 3. The van der Waals surface area contributed by atoms with Gasteiger partial charge in [-0.1, -0.05) is 12.1 Å². The maximum atomic E-state index is 9.20. The third kappa shape index (κ3) is 2.26. The van der Waals surface area contributed by atoms with Crippen LogP contribution >= 0.6 is 0 Å². The summed E-state index contributed by atoms with van der Waals surface area (Å²) in [7, 11) is 0. The molecular formula is C10H13N3O2. The van der Waals surface area contributed by atoms with E-state index in [0.717, 1.165) is 11.0 Å². The van der Waals surface area contributed by atoms with E-state index in [1.54, 1.807) is 0 Å². The van der Waals surface area contributed by atoms with E-state index in [1.165, 1.54) is 0 Å². The van der Waals surface area contributed by atoms with E-state index >= 15 is 0 Å². The van der Waals surface area contributed by atoms with Gasteiger partial charge in [0.25, 0.3) is 6.01 Å². The lowest BCUT2D eigenvalue weighted by atomic mass is 10.3. The number of hydrogen-bond acceptors (Lipinski definition) is 4. The number of aromatic amines is 1. The molecule has 1 aromatic carbocycles. The lowest BCUT2D eigenvalue weighted by molar-refractivity contribution is 0.109. The molecular weight excluding hydrogens is 194 g/mol. The van der Waals surface area contributed by atoms with E-state index in [4.69, 9.17) is 10.5 Å². The van der Waals surface area contributed by atoms with Crippen LogP contribution in [0, 0.1) is 0 Å². The van der Waals surface area contributed by atoms with Gasteiger partial charge in [0.2, 0.25) is 0 Å². The zero-order valence-corrected chi connectivity index (χ0v) is 8.18. The Labute approximate surface area is 86.9 Å². The Morgan fingerprint density at radius 2 is 2.27 bits per heavy atom. The highest BCUT2D eigenvalue weighted by Gasteiger charge is 2.05. The smallest absolute Gasteiger partial charge is 0.294 e. The first-order chi connectivity index (χ1) is 7.29. The fraction of sp³-hybridized carbons (Fsp3) is 0.300. The van der Waals surface area contributed by atoms with Crippen LogP contribution in [-0.2, 0) is 0 Å². The first kappa shape index (κ1) is 9.95. The molecule has 80 valence electrons. The number of nitrogens with zero attached hydrogens (tertiary/aromatic N) is 1. The number of para-hydroxylation sites is 2. The van der Waals surface area contributed by atoms with Gasteiger partial charge in [-0.3, -0.25) is 0 Å². The number of nitrogens with two attached hydrogens (primary N) is 1. The molecule has 1 aromatic heterocycles. The van der Waals surface area contributed by atoms with Gasteiger partial charge in [0.15, 0.2) is 0 Å². The van der Waals surface area contributed by atoms with Crippen LogP contribution in [-0.4, -0.2) is 34.3 Å². The number of aromatic nitrogens is 2. The fourth-order valence-electron chi connectivity index (χ4n) is 1.24. The number of aliphatic hydroxyl groups excluding tert-OH is 1. The van der Waals surface area contributed by atoms with Crippen LogP contribution in [0.1, 0.15) is 0 Å². The molecule has 0 fully saturated rings. The van der Waals surface area contributed by atoms with Crippen molar-refractivity contribution < 1.29 is 9.84 Å². The summed E-state index contributed by atoms with van der Waals surface area (Å²) in [5, 5.41) is 9.20. The van der Waals surface area contributed by atoms with E-state index in [2.05, 4.69) is 9.97 Å². The van der Waals surface area contributed by atoms with Crippen LogP contribution < -0.4 is 10.5 Å². The van der Waals surface area contributed by atoms with Crippen molar-refractivity contribution in [2.75, 3.05) is 13.2 Å². The molecule has 0 aliphatic carbocycles. The molecule has 1 heterocycles. The van der Waals surface area contributed by atoms with Crippen molar-refractivity contribution in [3.8, 4) is 6.01 Å². The summed E-state index contributed by atoms with van der Waals surface area (Å²) in [5.74, 6) is 0. The summed E-state index contributed by atoms with van der Waals surface area (Å²) >= 11 is 0. The molecule has 0 spiro atoms. The Kier molecular flexibility index (Phi) is 2.84. The maximum Gasteiger partial charge on any atom is 0.294 e. The monoisotopic (exact) mass is 207 g/mol. The van der Waals surface area contributed by atoms with E-state index in [9.17, 15) is 5.11 Å². The molecule has 5 heteroatoms. The zero-order chi connectivity index (χ0) is 10.7. The predicted molar refractivity (Wildman–Crippen MR) is 56.6 cm³/mol. The molecule has 0 radical (unpaired) electrons. The van der Waals surface area contributed by atoms with Crippen molar-refractivity contribution in [1.82, 2.24) is 9.97 Å². The molecule has 0 bridgehead atoms. The Hall–Kier alpha value is -1.59. The molecule has 0 amide bonds. The van der Waals surface area contributed by atoms with Crippen molar-refractivity contribution in [3.63, 3.8) is 0 Å². The van der Waals surface area contributed by atoms with Gasteiger partial charge in [-0.05, 0) is 12.1 Å². The minimum atomic E-state index is -0.654. The van der Waals surface area contributed by atoms with E-state index in [-0.39, 0.29) is 13.2 Å². The van der Waals surface area contributed by atoms with Gasteiger partial charge >= 0.3 is 0 Å². The Morgan fingerprint density at radius 1 is 1.47 bits per heavy atom.